The molecule has 12 heavy (non-hydrogen) atoms. The molecule has 1 aromatic carbocycles. The molecular weight excluding hydrogens is 218 g/mol. The summed E-state index contributed by atoms with van der Waals surface area (Å²) in [6.07, 6.45) is 0.326. The van der Waals surface area contributed by atoms with Crippen LogP contribution in [0.5, 0.6) is 5.75 Å². The standard InChI is InChI=1S/C9H8BrNO/c1-6-8(10)4-7(2-3-11)5-9(6)12/h4-5,12H,2H2,1H3. The van der Waals surface area contributed by atoms with Crippen LogP contribution in [0, 0.1) is 18.3 Å². The Hall–Kier alpha value is -1.01. The first-order chi connectivity index (χ1) is 5.65. The highest BCUT2D eigenvalue weighted by molar-refractivity contribution is 9.10. The van der Waals surface area contributed by atoms with Gasteiger partial charge in [-0.2, -0.15) is 5.26 Å². The van der Waals surface area contributed by atoms with Gasteiger partial charge in [-0.05, 0) is 24.6 Å². The van der Waals surface area contributed by atoms with Crippen molar-refractivity contribution >= 4 is 15.9 Å². The van der Waals surface area contributed by atoms with Crippen LogP contribution in [0.4, 0.5) is 0 Å². The summed E-state index contributed by atoms with van der Waals surface area (Å²) in [4.78, 5) is 0. The van der Waals surface area contributed by atoms with E-state index in [1.165, 1.54) is 0 Å². The average Bonchev–Trinajstić information content (AvgIpc) is 2.01. The van der Waals surface area contributed by atoms with Crippen molar-refractivity contribution < 1.29 is 5.11 Å². The molecule has 0 bridgehead atoms. The van der Waals surface area contributed by atoms with E-state index in [1.54, 1.807) is 6.07 Å². The molecule has 0 aliphatic rings. The van der Waals surface area contributed by atoms with Gasteiger partial charge in [-0.3, -0.25) is 0 Å². The van der Waals surface area contributed by atoms with E-state index in [0.717, 1.165) is 15.6 Å². The van der Waals surface area contributed by atoms with E-state index in [1.807, 2.05) is 19.1 Å². The Morgan fingerprint density at radius 1 is 1.58 bits per heavy atom. The smallest absolute Gasteiger partial charge is 0.119 e. The molecule has 0 saturated carbocycles. The molecule has 0 spiro atoms. The number of aromatic hydroxyl groups is 1. The van der Waals surface area contributed by atoms with Crippen molar-refractivity contribution in [2.75, 3.05) is 0 Å². The zero-order valence-corrected chi connectivity index (χ0v) is 8.22. The molecule has 0 heterocycles. The second-order valence-corrected chi connectivity index (χ2v) is 3.41. The van der Waals surface area contributed by atoms with E-state index in [2.05, 4.69) is 15.9 Å². The maximum Gasteiger partial charge on any atom is 0.119 e. The molecule has 0 aliphatic heterocycles. The molecule has 62 valence electrons. The molecule has 1 N–H and O–H groups in total. The fraction of sp³-hybridized carbons (Fsp3) is 0.222. The molecule has 0 atom stereocenters. The number of halogens is 1. The maximum atomic E-state index is 9.37. The van der Waals surface area contributed by atoms with E-state index in [9.17, 15) is 5.11 Å². The van der Waals surface area contributed by atoms with Crippen LogP contribution in [0.3, 0.4) is 0 Å². The number of phenols is 1. The van der Waals surface area contributed by atoms with E-state index < -0.39 is 0 Å². The van der Waals surface area contributed by atoms with Crippen LogP contribution < -0.4 is 0 Å². The van der Waals surface area contributed by atoms with Crippen molar-refractivity contribution in [3.05, 3.63) is 27.7 Å². The molecular formula is C9H8BrNO. The molecule has 0 saturated heterocycles. The van der Waals surface area contributed by atoms with Crippen molar-refractivity contribution in [2.24, 2.45) is 0 Å². The van der Waals surface area contributed by atoms with Crippen LogP contribution in [0.2, 0.25) is 0 Å². The van der Waals surface area contributed by atoms with Gasteiger partial charge in [0.05, 0.1) is 12.5 Å². The Balaban J connectivity index is 3.14. The molecule has 0 radical (unpaired) electrons. The highest BCUT2D eigenvalue weighted by Gasteiger charge is 2.03. The fourth-order valence-electron chi connectivity index (χ4n) is 0.912. The Kier molecular flexibility index (Phi) is 2.72. The van der Waals surface area contributed by atoms with Crippen LogP contribution >= 0.6 is 15.9 Å². The van der Waals surface area contributed by atoms with Crippen molar-refractivity contribution in [1.29, 1.82) is 5.26 Å². The molecule has 1 rings (SSSR count). The quantitative estimate of drug-likeness (QED) is 0.799. The molecule has 0 aromatic heterocycles. The van der Waals surface area contributed by atoms with Crippen molar-refractivity contribution in [1.82, 2.24) is 0 Å². The Morgan fingerprint density at radius 2 is 2.25 bits per heavy atom. The lowest BCUT2D eigenvalue weighted by atomic mass is 10.1. The minimum absolute atomic E-state index is 0.231. The van der Waals surface area contributed by atoms with Crippen LogP contribution in [0.15, 0.2) is 16.6 Å². The first kappa shape index (κ1) is 9.08. The summed E-state index contributed by atoms with van der Waals surface area (Å²) >= 11 is 3.30. The maximum absolute atomic E-state index is 9.37. The molecule has 3 heteroatoms. The van der Waals surface area contributed by atoms with Gasteiger partial charge in [-0.1, -0.05) is 15.9 Å². The number of benzene rings is 1. The van der Waals surface area contributed by atoms with Crippen LogP contribution in [0.25, 0.3) is 0 Å². The van der Waals surface area contributed by atoms with E-state index >= 15 is 0 Å². The second-order valence-electron chi connectivity index (χ2n) is 2.56. The Bertz CT molecular complexity index is 318. The minimum atomic E-state index is 0.231. The third-order valence-corrected chi connectivity index (χ3v) is 2.48. The predicted octanol–water partition coefficient (Wildman–Crippen LogP) is 2.53. The number of hydrogen-bond acceptors (Lipinski definition) is 2. The predicted molar refractivity (Wildman–Crippen MR) is 49.9 cm³/mol. The summed E-state index contributed by atoms with van der Waals surface area (Å²) < 4.78 is 0.841. The Morgan fingerprint density at radius 3 is 2.75 bits per heavy atom. The third kappa shape index (κ3) is 1.77. The molecule has 0 unspecified atom stereocenters. The number of phenolic OH excluding ortho intramolecular Hbond substituents is 1. The molecule has 2 nitrogen and oxygen atoms in total. The summed E-state index contributed by atoms with van der Waals surface area (Å²) in [7, 11) is 0. The summed E-state index contributed by atoms with van der Waals surface area (Å²) in [6.45, 7) is 1.82. The van der Waals surface area contributed by atoms with Crippen molar-refractivity contribution in [2.45, 2.75) is 13.3 Å². The average molecular weight is 226 g/mol. The second kappa shape index (κ2) is 3.59. The molecule has 0 aliphatic carbocycles. The SMILES string of the molecule is Cc1c(O)cc(CC#N)cc1Br. The fourth-order valence-corrected chi connectivity index (χ4v) is 1.41. The summed E-state index contributed by atoms with van der Waals surface area (Å²) in [5.74, 6) is 0.231. The van der Waals surface area contributed by atoms with E-state index in [4.69, 9.17) is 5.26 Å². The number of hydrogen-bond donors (Lipinski definition) is 1. The summed E-state index contributed by atoms with van der Waals surface area (Å²) in [5, 5.41) is 17.8. The van der Waals surface area contributed by atoms with Gasteiger partial charge in [0.25, 0.3) is 0 Å². The first-order valence-electron chi connectivity index (χ1n) is 3.50. The van der Waals surface area contributed by atoms with Gasteiger partial charge in [0.2, 0.25) is 0 Å². The van der Waals surface area contributed by atoms with Gasteiger partial charge < -0.3 is 5.11 Å². The van der Waals surface area contributed by atoms with Crippen molar-refractivity contribution in [3.63, 3.8) is 0 Å². The minimum Gasteiger partial charge on any atom is -0.508 e. The lowest BCUT2D eigenvalue weighted by Gasteiger charge is -2.03. The Labute approximate surface area is 79.6 Å². The monoisotopic (exact) mass is 225 g/mol. The van der Waals surface area contributed by atoms with E-state index in [-0.39, 0.29) is 5.75 Å². The zero-order chi connectivity index (χ0) is 9.14. The van der Waals surface area contributed by atoms with Gasteiger partial charge in [0.1, 0.15) is 5.75 Å². The largest absolute Gasteiger partial charge is 0.508 e. The third-order valence-electron chi connectivity index (χ3n) is 1.66. The number of nitriles is 1. The van der Waals surface area contributed by atoms with Gasteiger partial charge in [0, 0.05) is 10.0 Å². The highest BCUT2D eigenvalue weighted by Crippen LogP contribution is 2.26. The highest BCUT2D eigenvalue weighted by atomic mass is 79.9. The van der Waals surface area contributed by atoms with Gasteiger partial charge in [0.15, 0.2) is 0 Å². The lowest BCUT2D eigenvalue weighted by molar-refractivity contribution is 0.470. The topological polar surface area (TPSA) is 44.0 Å². The van der Waals surface area contributed by atoms with Gasteiger partial charge >= 0.3 is 0 Å². The van der Waals surface area contributed by atoms with Crippen LogP contribution in [-0.2, 0) is 6.42 Å². The number of rotatable bonds is 1. The first-order valence-corrected chi connectivity index (χ1v) is 4.29. The van der Waals surface area contributed by atoms with Crippen LogP contribution in [-0.4, -0.2) is 5.11 Å². The normalized spacial score (nSPS) is 9.42. The number of nitrogens with zero attached hydrogens (tertiary/aromatic N) is 1. The molecule has 0 amide bonds. The van der Waals surface area contributed by atoms with Crippen LogP contribution in [0.1, 0.15) is 11.1 Å². The summed E-state index contributed by atoms with van der Waals surface area (Å²) in [6, 6.07) is 5.49. The lowest BCUT2D eigenvalue weighted by Crippen LogP contribution is -1.84. The van der Waals surface area contributed by atoms with Gasteiger partial charge in [-0.15, -0.1) is 0 Å². The van der Waals surface area contributed by atoms with Crippen molar-refractivity contribution in [3.8, 4) is 11.8 Å². The summed E-state index contributed by atoms with van der Waals surface area (Å²) in [5.41, 5.74) is 1.63. The van der Waals surface area contributed by atoms with Gasteiger partial charge in [-0.25, -0.2) is 0 Å². The zero-order valence-electron chi connectivity index (χ0n) is 6.63. The molecule has 1 aromatic rings. The molecule has 0 fully saturated rings. The van der Waals surface area contributed by atoms with E-state index in [0.29, 0.717) is 6.42 Å².